The van der Waals surface area contributed by atoms with E-state index in [4.69, 9.17) is 0 Å². The number of aliphatic hydroxyl groups excluding tert-OH is 1. The lowest BCUT2D eigenvalue weighted by molar-refractivity contribution is 0.196. The molecule has 1 rings (SSSR count). The van der Waals surface area contributed by atoms with Gasteiger partial charge in [-0.25, -0.2) is 0 Å². The van der Waals surface area contributed by atoms with Crippen molar-refractivity contribution in [3.05, 3.63) is 48.0 Å². The second-order valence-electron chi connectivity index (χ2n) is 4.26. The molecule has 0 aliphatic carbocycles. The van der Waals surface area contributed by atoms with E-state index in [1.807, 2.05) is 24.3 Å². The van der Waals surface area contributed by atoms with Crippen LogP contribution in [-0.4, -0.2) is 11.2 Å². The van der Waals surface area contributed by atoms with Crippen LogP contribution < -0.4 is 0 Å². The predicted octanol–water partition coefficient (Wildman–Crippen LogP) is 3.90. The standard InChI is InChI=1S/C15H22O/c1-3-4-5-9-12-15(16)13(2)14-10-7-6-8-11-14/h6-13,15-16H,3-5H2,1-2H3/b12-9+/t13-,15-/m0/s1. The highest BCUT2D eigenvalue weighted by Gasteiger charge is 2.12. The van der Waals surface area contributed by atoms with E-state index in [2.05, 4.69) is 32.1 Å². The van der Waals surface area contributed by atoms with Gasteiger partial charge in [0.25, 0.3) is 0 Å². The zero-order valence-corrected chi connectivity index (χ0v) is 10.3. The first kappa shape index (κ1) is 13.0. The number of rotatable bonds is 6. The van der Waals surface area contributed by atoms with Crippen LogP contribution in [0.25, 0.3) is 0 Å². The quantitative estimate of drug-likeness (QED) is 0.567. The molecule has 0 fully saturated rings. The van der Waals surface area contributed by atoms with Gasteiger partial charge in [0.2, 0.25) is 0 Å². The van der Waals surface area contributed by atoms with Crippen molar-refractivity contribution < 1.29 is 5.11 Å². The fourth-order valence-electron chi connectivity index (χ4n) is 1.68. The van der Waals surface area contributed by atoms with Gasteiger partial charge >= 0.3 is 0 Å². The molecule has 0 aliphatic heterocycles. The summed E-state index contributed by atoms with van der Waals surface area (Å²) < 4.78 is 0. The summed E-state index contributed by atoms with van der Waals surface area (Å²) in [6.45, 7) is 4.24. The maximum absolute atomic E-state index is 9.98. The molecular weight excluding hydrogens is 196 g/mol. The molecule has 1 nitrogen and oxygen atoms in total. The molecule has 1 aromatic rings. The molecule has 0 saturated heterocycles. The zero-order chi connectivity index (χ0) is 11.8. The third-order valence-corrected chi connectivity index (χ3v) is 2.90. The van der Waals surface area contributed by atoms with Crippen molar-refractivity contribution in [2.45, 2.75) is 45.1 Å². The normalized spacial score (nSPS) is 15.2. The Kier molecular flexibility index (Phi) is 5.87. The number of allylic oxidation sites excluding steroid dienone is 1. The molecule has 2 atom stereocenters. The van der Waals surface area contributed by atoms with Crippen molar-refractivity contribution in [2.24, 2.45) is 0 Å². The summed E-state index contributed by atoms with van der Waals surface area (Å²) in [5.74, 6) is 0.166. The van der Waals surface area contributed by atoms with E-state index in [-0.39, 0.29) is 12.0 Å². The van der Waals surface area contributed by atoms with Crippen molar-refractivity contribution in [2.75, 3.05) is 0 Å². The van der Waals surface area contributed by atoms with Crippen LogP contribution in [0.15, 0.2) is 42.5 Å². The van der Waals surface area contributed by atoms with Crippen molar-refractivity contribution in [1.29, 1.82) is 0 Å². The molecule has 1 heteroatoms. The van der Waals surface area contributed by atoms with Gasteiger partial charge in [0.1, 0.15) is 0 Å². The van der Waals surface area contributed by atoms with Gasteiger partial charge in [-0.2, -0.15) is 0 Å². The monoisotopic (exact) mass is 218 g/mol. The maximum Gasteiger partial charge on any atom is 0.0786 e. The molecule has 1 N–H and O–H groups in total. The molecule has 0 heterocycles. The summed E-state index contributed by atoms with van der Waals surface area (Å²) in [5, 5.41) is 9.98. The predicted molar refractivity (Wildman–Crippen MR) is 69.5 cm³/mol. The van der Waals surface area contributed by atoms with E-state index < -0.39 is 0 Å². The summed E-state index contributed by atoms with van der Waals surface area (Å²) >= 11 is 0. The van der Waals surface area contributed by atoms with Crippen LogP contribution in [0.3, 0.4) is 0 Å². The Morgan fingerprint density at radius 3 is 2.56 bits per heavy atom. The van der Waals surface area contributed by atoms with Crippen LogP contribution >= 0.6 is 0 Å². The van der Waals surface area contributed by atoms with E-state index in [1.54, 1.807) is 0 Å². The summed E-state index contributed by atoms with van der Waals surface area (Å²) in [5.41, 5.74) is 1.19. The summed E-state index contributed by atoms with van der Waals surface area (Å²) in [7, 11) is 0. The van der Waals surface area contributed by atoms with Crippen LogP contribution in [0, 0.1) is 0 Å². The van der Waals surface area contributed by atoms with Crippen molar-refractivity contribution in [1.82, 2.24) is 0 Å². The van der Waals surface area contributed by atoms with E-state index in [0.29, 0.717) is 0 Å². The van der Waals surface area contributed by atoms with Gasteiger partial charge in [-0.15, -0.1) is 0 Å². The van der Waals surface area contributed by atoms with Crippen molar-refractivity contribution >= 4 is 0 Å². The molecular formula is C15H22O. The lowest BCUT2D eigenvalue weighted by atomic mass is 9.95. The molecule has 88 valence electrons. The Morgan fingerprint density at radius 1 is 1.25 bits per heavy atom. The minimum atomic E-state index is -0.376. The van der Waals surface area contributed by atoms with Gasteiger partial charge in [0.05, 0.1) is 6.10 Å². The van der Waals surface area contributed by atoms with Gasteiger partial charge in [0.15, 0.2) is 0 Å². The molecule has 16 heavy (non-hydrogen) atoms. The molecule has 0 saturated carbocycles. The number of hydrogen-bond acceptors (Lipinski definition) is 1. The molecule has 0 radical (unpaired) electrons. The smallest absolute Gasteiger partial charge is 0.0786 e. The number of benzene rings is 1. The Balaban J connectivity index is 2.48. The minimum absolute atomic E-state index is 0.166. The lowest BCUT2D eigenvalue weighted by Gasteiger charge is -2.15. The number of hydrogen-bond donors (Lipinski definition) is 1. The number of aliphatic hydroxyl groups is 1. The Bertz CT molecular complexity index is 302. The summed E-state index contributed by atoms with van der Waals surface area (Å²) in [6, 6.07) is 10.2. The average molecular weight is 218 g/mol. The van der Waals surface area contributed by atoms with Crippen molar-refractivity contribution in [3.8, 4) is 0 Å². The Morgan fingerprint density at radius 2 is 1.94 bits per heavy atom. The van der Waals surface area contributed by atoms with Crippen LogP contribution in [-0.2, 0) is 0 Å². The van der Waals surface area contributed by atoms with Crippen LogP contribution in [0.2, 0.25) is 0 Å². The van der Waals surface area contributed by atoms with Crippen LogP contribution in [0.4, 0.5) is 0 Å². The van der Waals surface area contributed by atoms with Gasteiger partial charge in [0, 0.05) is 5.92 Å². The van der Waals surface area contributed by atoms with Crippen LogP contribution in [0.5, 0.6) is 0 Å². The van der Waals surface area contributed by atoms with E-state index in [1.165, 1.54) is 18.4 Å². The first-order valence-electron chi connectivity index (χ1n) is 6.15. The minimum Gasteiger partial charge on any atom is -0.388 e. The molecule has 0 aliphatic rings. The Hall–Kier alpha value is -1.08. The largest absolute Gasteiger partial charge is 0.388 e. The molecule has 0 spiro atoms. The fraction of sp³-hybridized carbons (Fsp3) is 0.467. The highest BCUT2D eigenvalue weighted by Crippen LogP contribution is 2.19. The Labute approximate surface area is 98.8 Å². The molecule has 1 aromatic carbocycles. The van der Waals surface area contributed by atoms with Gasteiger partial charge in [-0.05, 0) is 12.0 Å². The average Bonchev–Trinajstić information content (AvgIpc) is 2.34. The lowest BCUT2D eigenvalue weighted by Crippen LogP contribution is -2.12. The van der Waals surface area contributed by atoms with Gasteiger partial charge in [-0.1, -0.05) is 69.2 Å². The van der Waals surface area contributed by atoms with Crippen LogP contribution in [0.1, 0.15) is 44.6 Å². The maximum atomic E-state index is 9.98. The molecule has 0 aromatic heterocycles. The van der Waals surface area contributed by atoms with E-state index in [0.717, 1.165) is 6.42 Å². The first-order valence-corrected chi connectivity index (χ1v) is 6.15. The summed E-state index contributed by atoms with van der Waals surface area (Å²) in [4.78, 5) is 0. The molecule has 0 amide bonds. The second-order valence-corrected chi connectivity index (χ2v) is 4.26. The topological polar surface area (TPSA) is 20.2 Å². The highest BCUT2D eigenvalue weighted by molar-refractivity contribution is 5.21. The SMILES string of the molecule is CCCC/C=C/[C@H](O)[C@@H](C)c1ccccc1. The van der Waals surface area contributed by atoms with E-state index in [9.17, 15) is 5.11 Å². The third kappa shape index (κ3) is 4.19. The third-order valence-electron chi connectivity index (χ3n) is 2.90. The second kappa shape index (κ2) is 7.24. The van der Waals surface area contributed by atoms with Gasteiger partial charge < -0.3 is 5.11 Å². The van der Waals surface area contributed by atoms with Gasteiger partial charge in [-0.3, -0.25) is 0 Å². The van der Waals surface area contributed by atoms with Crippen molar-refractivity contribution in [3.63, 3.8) is 0 Å². The first-order chi connectivity index (χ1) is 7.75. The fourth-order valence-corrected chi connectivity index (χ4v) is 1.68. The van der Waals surface area contributed by atoms with E-state index >= 15 is 0 Å². The zero-order valence-electron chi connectivity index (χ0n) is 10.3. The molecule has 0 unspecified atom stereocenters. The number of unbranched alkanes of at least 4 members (excludes halogenated alkanes) is 2. The molecule has 0 bridgehead atoms. The summed E-state index contributed by atoms with van der Waals surface area (Å²) in [6.07, 6.45) is 7.10. The highest BCUT2D eigenvalue weighted by atomic mass is 16.3.